The highest BCUT2D eigenvalue weighted by Gasteiger charge is 2.38. The third-order valence-corrected chi connectivity index (χ3v) is 5.96. The molecule has 1 heterocycles. The first-order valence-corrected chi connectivity index (χ1v) is 12.1. The number of hydrogen-bond acceptors (Lipinski definition) is 6. The molecule has 0 saturated carbocycles. The summed E-state index contributed by atoms with van der Waals surface area (Å²) in [7, 11) is 1.51. The van der Waals surface area contributed by atoms with E-state index >= 15 is 0 Å². The fourth-order valence-corrected chi connectivity index (χ4v) is 3.67. The lowest BCUT2D eigenvalue weighted by Crippen LogP contribution is -2.57. The molecule has 1 aliphatic rings. The molecule has 3 amide bonds. The Morgan fingerprint density at radius 3 is 2.03 bits per heavy atom. The van der Waals surface area contributed by atoms with Crippen molar-refractivity contribution < 1.29 is 37.4 Å². The molecule has 1 aliphatic heterocycles. The van der Waals surface area contributed by atoms with Gasteiger partial charge in [0.05, 0.1) is 19.8 Å². The average Bonchev–Trinajstić information content (AvgIpc) is 3.73. The molecule has 0 spiro atoms. The van der Waals surface area contributed by atoms with E-state index in [1.54, 1.807) is 24.3 Å². The maximum absolute atomic E-state index is 13.4. The number of carbonyl (C=O) groups is 4. The van der Waals surface area contributed by atoms with Gasteiger partial charge in [0.25, 0.3) is 5.91 Å². The third-order valence-electron chi connectivity index (χ3n) is 5.96. The number of methoxy groups -OCH3 is 1. The number of rotatable bonds is 13. The molecule has 38 heavy (non-hydrogen) atoms. The molecule has 204 valence electrons. The van der Waals surface area contributed by atoms with Gasteiger partial charge >= 0.3 is 5.92 Å². The molecule has 0 radical (unpaired) electrons. The van der Waals surface area contributed by atoms with Crippen molar-refractivity contribution in [1.29, 1.82) is 0 Å². The zero-order chi connectivity index (χ0) is 27.9. The maximum atomic E-state index is 13.4. The summed E-state index contributed by atoms with van der Waals surface area (Å²) < 4.78 is 36.8. The zero-order valence-corrected chi connectivity index (χ0v) is 21.3. The third kappa shape index (κ3) is 8.34. The number of halogens is 2. The number of alkyl halides is 2. The number of Topliss-reactive ketones (excluding diaryl/α,β-unsaturated/α-hetero) is 1. The second kappa shape index (κ2) is 12.6. The Morgan fingerprint density at radius 1 is 0.921 bits per heavy atom. The van der Waals surface area contributed by atoms with Gasteiger partial charge in [0.2, 0.25) is 11.8 Å². The molecule has 0 aliphatic carbocycles. The molecular formula is C27H31F2N3O6. The van der Waals surface area contributed by atoms with Gasteiger partial charge in [0.1, 0.15) is 23.9 Å². The highest BCUT2D eigenvalue weighted by molar-refractivity contribution is 5.97. The predicted octanol–water partition coefficient (Wildman–Crippen LogP) is 1.58. The summed E-state index contributed by atoms with van der Waals surface area (Å²) in [6.07, 6.45) is -0.366. The van der Waals surface area contributed by atoms with E-state index in [0.717, 1.165) is 5.56 Å². The smallest absolute Gasteiger partial charge is 0.321 e. The minimum Gasteiger partial charge on any atom is -0.497 e. The monoisotopic (exact) mass is 531 g/mol. The van der Waals surface area contributed by atoms with Gasteiger partial charge in [-0.3, -0.25) is 19.2 Å². The van der Waals surface area contributed by atoms with Gasteiger partial charge < -0.3 is 25.4 Å². The summed E-state index contributed by atoms with van der Waals surface area (Å²) in [5.74, 6) is -6.48. The van der Waals surface area contributed by atoms with Crippen LogP contribution in [0, 0.1) is 0 Å². The summed E-state index contributed by atoms with van der Waals surface area (Å²) in [5, 5.41) is 7.18. The van der Waals surface area contributed by atoms with Gasteiger partial charge in [-0.2, -0.15) is 8.78 Å². The van der Waals surface area contributed by atoms with E-state index in [4.69, 9.17) is 9.47 Å². The topological polar surface area (TPSA) is 126 Å². The van der Waals surface area contributed by atoms with Gasteiger partial charge in [-0.1, -0.05) is 42.5 Å². The Labute approximate surface area is 219 Å². The minimum absolute atomic E-state index is 0.0261. The van der Waals surface area contributed by atoms with Crippen LogP contribution in [-0.2, 0) is 36.8 Å². The molecule has 4 atom stereocenters. The van der Waals surface area contributed by atoms with Crippen LogP contribution in [0.5, 0.6) is 5.75 Å². The SMILES string of the molecule is COc1ccc(C[C@H](NC(=O)[C@H](C)NC(=O)C(C)(F)F)C(=O)N[C@@H](Cc2ccccc2)C(=O)[C@H]2CO2)cc1. The van der Waals surface area contributed by atoms with Gasteiger partial charge in [0.15, 0.2) is 5.78 Å². The van der Waals surface area contributed by atoms with Crippen molar-refractivity contribution >= 4 is 23.5 Å². The normalized spacial score (nSPS) is 16.9. The summed E-state index contributed by atoms with van der Waals surface area (Å²) in [6, 6.07) is 12.5. The first kappa shape index (κ1) is 28.7. The molecule has 0 unspecified atom stereocenters. The van der Waals surface area contributed by atoms with E-state index in [0.29, 0.717) is 18.2 Å². The van der Waals surface area contributed by atoms with Crippen LogP contribution in [0.2, 0.25) is 0 Å². The summed E-state index contributed by atoms with van der Waals surface area (Å²) >= 11 is 0. The van der Waals surface area contributed by atoms with Gasteiger partial charge in [-0.05, 0) is 36.6 Å². The first-order valence-electron chi connectivity index (χ1n) is 12.1. The number of hydrogen-bond donors (Lipinski definition) is 3. The van der Waals surface area contributed by atoms with Crippen LogP contribution < -0.4 is 20.7 Å². The van der Waals surface area contributed by atoms with Crippen molar-refractivity contribution in [3.63, 3.8) is 0 Å². The zero-order valence-electron chi connectivity index (χ0n) is 21.3. The molecule has 1 saturated heterocycles. The van der Waals surface area contributed by atoms with Crippen molar-refractivity contribution in [2.24, 2.45) is 0 Å². The van der Waals surface area contributed by atoms with Crippen LogP contribution in [0.4, 0.5) is 8.78 Å². The number of epoxide rings is 1. The fraction of sp³-hybridized carbons (Fsp3) is 0.407. The second-order valence-electron chi connectivity index (χ2n) is 9.17. The van der Waals surface area contributed by atoms with Crippen LogP contribution in [0.15, 0.2) is 54.6 Å². The largest absolute Gasteiger partial charge is 0.497 e. The molecule has 2 aromatic carbocycles. The summed E-state index contributed by atoms with van der Waals surface area (Å²) in [4.78, 5) is 50.7. The van der Waals surface area contributed by atoms with Crippen molar-refractivity contribution in [2.45, 2.75) is 56.8 Å². The Morgan fingerprint density at radius 2 is 1.47 bits per heavy atom. The standard InChI is InChI=1S/C27H31F2N3O6/c1-16(30-26(36)27(2,28)29)24(34)32-21(14-18-9-11-19(37-3)12-10-18)25(35)31-20(23(33)22-15-38-22)13-17-7-5-4-6-8-17/h4-12,16,20-22H,13-15H2,1-3H3,(H,30,36)(H,31,35)(H,32,34)/t16-,20-,21-,22+/m0/s1. The lowest BCUT2D eigenvalue weighted by Gasteiger charge is -2.25. The predicted molar refractivity (Wildman–Crippen MR) is 134 cm³/mol. The summed E-state index contributed by atoms with van der Waals surface area (Å²) in [6.45, 7) is 1.92. The van der Waals surface area contributed by atoms with E-state index < -0.39 is 47.9 Å². The molecule has 1 fully saturated rings. The van der Waals surface area contributed by atoms with E-state index in [1.165, 1.54) is 14.0 Å². The van der Waals surface area contributed by atoms with E-state index in [9.17, 15) is 28.0 Å². The molecule has 2 aromatic rings. The molecule has 3 N–H and O–H groups in total. The Hall–Kier alpha value is -3.86. The van der Waals surface area contributed by atoms with E-state index in [-0.39, 0.29) is 25.2 Å². The van der Waals surface area contributed by atoms with Crippen molar-refractivity contribution in [2.75, 3.05) is 13.7 Å². The highest BCUT2D eigenvalue weighted by atomic mass is 19.3. The van der Waals surface area contributed by atoms with Gasteiger partial charge in [0, 0.05) is 13.3 Å². The first-order chi connectivity index (χ1) is 18.0. The van der Waals surface area contributed by atoms with Crippen LogP contribution >= 0.6 is 0 Å². The molecule has 3 rings (SSSR count). The highest BCUT2D eigenvalue weighted by Crippen LogP contribution is 2.17. The number of carbonyl (C=O) groups excluding carboxylic acids is 4. The summed E-state index contributed by atoms with van der Waals surface area (Å²) in [5.41, 5.74) is 1.49. The Kier molecular flexibility index (Phi) is 9.51. The number of ketones is 1. The molecule has 9 nitrogen and oxygen atoms in total. The van der Waals surface area contributed by atoms with E-state index in [2.05, 4.69) is 10.6 Å². The maximum Gasteiger partial charge on any atom is 0.321 e. The van der Waals surface area contributed by atoms with Crippen molar-refractivity contribution in [3.05, 3.63) is 65.7 Å². The van der Waals surface area contributed by atoms with Crippen LogP contribution in [0.3, 0.4) is 0 Å². The van der Waals surface area contributed by atoms with Crippen molar-refractivity contribution in [1.82, 2.24) is 16.0 Å². The van der Waals surface area contributed by atoms with E-state index in [1.807, 2.05) is 35.6 Å². The van der Waals surface area contributed by atoms with Crippen LogP contribution in [0.25, 0.3) is 0 Å². The lowest BCUT2D eigenvalue weighted by molar-refractivity contribution is -0.145. The lowest BCUT2D eigenvalue weighted by atomic mass is 9.99. The van der Waals surface area contributed by atoms with Crippen molar-refractivity contribution in [3.8, 4) is 5.75 Å². The number of benzene rings is 2. The quantitative estimate of drug-likeness (QED) is 0.337. The second-order valence-corrected chi connectivity index (χ2v) is 9.17. The number of nitrogens with one attached hydrogen (secondary N) is 3. The minimum atomic E-state index is -3.68. The van der Waals surface area contributed by atoms with Crippen LogP contribution in [0.1, 0.15) is 25.0 Å². The molecular weight excluding hydrogens is 500 g/mol. The Balaban J connectivity index is 1.78. The average molecular weight is 532 g/mol. The van der Waals surface area contributed by atoms with Gasteiger partial charge in [-0.25, -0.2) is 0 Å². The fourth-order valence-electron chi connectivity index (χ4n) is 3.67. The number of ether oxygens (including phenoxy) is 2. The molecule has 0 bridgehead atoms. The molecule has 0 aromatic heterocycles. The number of amides is 3. The van der Waals surface area contributed by atoms with Crippen LogP contribution in [-0.4, -0.2) is 67.4 Å². The van der Waals surface area contributed by atoms with Gasteiger partial charge in [-0.15, -0.1) is 0 Å². The Bertz CT molecular complexity index is 1130. The molecule has 11 heteroatoms.